The van der Waals surface area contributed by atoms with Crippen molar-refractivity contribution in [3.63, 3.8) is 0 Å². The number of aromatic nitrogens is 2. The lowest BCUT2D eigenvalue weighted by Crippen LogP contribution is -2.46. The largest absolute Gasteiger partial charge is 0.495 e. The number of anilines is 1. The Labute approximate surface area is 169 Å². The molecule has 2 heterocycles. The number of carbonyl (C=O) groups excluding carboxylic acids is 1. The molecule has 1 atom stereocenters. The molecule has 3 aromatic rings. The van der Waals surface area contributed by atoms with Crippen molar-refractivity contribution >= 4 is 22.6 Å². The van der Waals surface area contributed by atoms with Crippen molar-refractivity contribution < 1.29 is 9.53 Å². The standard InChI is InChI=1S/C22H26N4O3/c1-15(21(27)23-18-8-4-6-10-20(18)29-2)25-13-11-16(12-14-25)26-19-9-5-3-7-17(19)24-22(26)28/h3-10,15-16H,11-14H2,1-2H3,(H,23,27)(H,24,28)/t15-/m1/s1. The zero-order valence-electron chi connectivity index (χ0n) is 16.7. The Hall–Kier alpha value is -3.06. The molecule has 2 N–H and O–H groups in total. The number of aromatic amines is 1. The van der Waals surface area contributed by atoms with Crippen molar-refractivity contribution in [1.29, 1.82) is 0 Å². The summed E-state index contributed by atoms with van der Waals surface area (Å²) in [6.07, 6.45) is 1.65. The number of imidazole rings is 1. The Morgan fingerprint density at radius 2 is 1.83 bits per heavy atom. The van der Waals surface area contributed by atoms with Crippen LogP contribution in [0.5, 0.6) is 5.75 Å². The van der Waals surface area contributed by atoms with Crippen molar-refractivity contribution in [2.45, 2.75) is 31.8 Å². The van der Waals surface area contributed by atoms with Gasteiger partial charge in [-0.1, -0.05) is 24.3 Å². The Morgan fingerprint density at radius 3 is 2.59 bits per heavy atom. The molecule has 0 unspecified atom stereocenters. The molecule has 0 saturated carbocycles. The fraction of sp³-hybridized carbons (Fsp3) is 0.364. The topological polar surface area (TPSA) is 79.4 Å². The number of para-hydroxylation sites is 4. The van der Waals surface area contributed by atoms with E-state index in [0.717, 1.165) is 37.0 Å². The van der Waals surface area contributed by atoms with E-state index in [2.05, 4.69) is 15.2 Å². The van der Waals surface area contributed by atoms with Gasteiger partial charge in [0, 0.05) is 19.1 Å². The van der Waals surface area contributed by atoms with E-state index in [1.54, 1.807) is 7.11 Å². The summed E-state index contributed by atoms with van der Waals surface area (Å²) in [4.78, 5) is 30.3. The first kappa shape index (κ1) is 19.3. The van der Waals surface area contributed by atoms with Gasteiger partial charge in [-0.15, -0.1) is 0 Å². The average Bonchev–Trinajstić information content (AvgIpc) is 3.09. The first-order valence-electron chi connectivity index (χ1n) is 9.95. The highest BCUT2D eigenvalue weighted by atomic mass is 16.5. The van der Waals surface area contributed by atoms with E-state index in [9.17, 15) is 9.59 Å². The van der Waals surface area contributed by atoms with E-state index < -0.39 is 0 Å². The molecule has 4 rings (SSSR count). The Kier molecular flexibility index (Phi) is 5.40. The summed E-state index contributed by atoms with van der Waals surface area (Å²) in [6.45, 7) is 3.44. The van der Waals surface area contributed by atoms with Crippen LogP contribution in [0.1, 0.15) is 25.8 Å². The van der Waals surface area contributed by atoms with Gasteiger partial charge in [0.15, 0.2) is 0 Å². The number of hydrogen-bond donors (Lipinski definition) is 2. The second-order valence-corrected chi connectivity index (χ2v) is 7.45. The maximum atomic E-state index is 12.8. The number of hydrogen-bond acceptors (Lipinski definition) is 4. The maximum Gasteiger partial charge on any atom is 0.326 e. The molecule has 1 fully saturated rings. The van der Waals surface area contributed by atoms with E-state index in [1.165, 1.54) is 0 Å². The molecule has 0 aliphatic carbocycles. The van der Waals surface area contributed by atoms with E-state index in [1.807, 2.05) is 60.0 Å². The molecule has 0 radical (unpaired) electrons. The number of rotatable bonds is 5. The van der Waals surface area contributed by atoms with Gasteiger partial charge in [-0.3, -0.25) is 14.3 Å². The van der Waals surface area contributed by atoms with Crippen LogP contribution in [0.3, 0.4) is 0 Å². The number of nitrogens with zero attached hydrogens (tertiary/aromatic N) is 2. The molecule has 1 aliphatic rings. The lowest BCUT2D eigenvalue weighted by atomic mass is 10.0. The fourth-order valence-corrected chi connectivity index (χ4v) is 4.12. The normalized spacial score (nSPS) is 16.6. The van der Waals surface area contributed by atoms with E-state index in [-0.39, 0.29) is 23.7 Å². The van der Waals surface area contributed by atoms with Crippen LogP contribution in [0.2, 0.25) is 0 Å². The van der Waals surface area contributed by atoms with Crippen LogP contribution in [-0.4, -0.2) is 46.6 Å². The Balaban J connectivity index is 1.42. The molecule has 2 aromatic carbocycles. The number of ether oxygens (including phenoxy) is 1. The summed E-state index contributed by atoms with van der Waals surface area (Å²) in [5, 5.41) is 2.96. The molecule has 0 bridgehead atoms. The summed E-state index contributed by atoms with van der Waals surface area (Å²) < 4.78 is 7.18. The molecular weight excluding hydrogens is 368 g/mol. The number of benzene rings is 2. The molecule has 152 valence electrons. The smallest absolute Gasteiger partial charge is 0.326 e. The number of methoxy groups -OCH3 is 1. The first-order chi connectivity index (χ1) is 14.1. The number of piperidine rings is 1. The van der Waals surface area contributed by atoms with Crippen LogP contribution in [0.25, 0.3) is 11.0 Å². The lowest BCUT2D eigenvalue weighted by molar-refractivity contribution is -0.121. The first-order valence-corrected chi connectivity index (χ1v) is 9.95. The van der Waals surface area contributed by atoms with Gasteiger partial charge in [0.05, 0.1) is 29.9 Å². The van der Waals surface area contributed by atoms with Crippen LogP contribution in [-0.2, 0) is 4.79 Å². The summed E-state index contributed by atoms with van der Waals surface area (Å²) in [7, 11) is 1.59. The highest BCUT2D eigenvalue weighted by Crippen LogP contribution is 2.27. The summed E-state index contributed by atoms with van der Waals surface area (Å²) >= 11 is 0. The average molecular weight is 394 g/mol. The molecule has 1 amide bonds. The molecular formula is C22H26N4O3. The predicted octanol–water partition coefficient (Wildman–Crippen LogP) is 3.00. The lowest BCUT2D eigenvalue weighted by Gasteiger charge is -2.35. The zero-order valence-corrected chi connectivity index (χ0v) is 16.7. The molecule has 1 aliphatic heterocycles. The van der Waals surface area contributed by atoms with Gasteiger partial charge in [0.1, 0.15) is 5.75 Å². The van der Waals surface area contributed by atoms with Gasteiger partial charge in [0.2, 0.25) is 5.91 Å². The van der Waals surface area contributed by atoms with E-state index in [4.69, 9.17) is 4.74 Å². The minimum atomic E-state index is -0.263. The third-order valence-electron chi connectivity index (χ3n) is 5.78. The number of carbonyl (C=O) groups is 1. The molecule has 7 nitrogen and oxygen atoms in total. The number of likely N-dealkylation sites (tertiary alicyclic amines) is 1. The number of amides is 1. The summed E-state index contributed by atoms with van der Waals surface area (Å²) in [5.41, 5.74) is 2.42. The molecule has 0 spiro atoms. The van der Waals surface area contributed by atoms with Gasteiger partial charge in [0.25, 0.3) is 0 Å². The Morgan fingerprint density at radius 1 is 1.14 bits per heavy atom. The van der Waals surface area contributed by atoms with Crippen molar-refractivity contribution in [3.8, 4) is 5.75 Å². The van der Waals surface area contributed by atoms with Gasteiger partial charge in [-0.2, -0.15) is 0 Å². The van der Waals surface area contributed by atoms with Crippen LogP contribution in [0.15, 0.2) is 53.3 Å². The SMILES string of the molecule is COc1ccccc1NC(=O)[C@@H](C)N1CCC(n2c(=O)[nH]c3ccccc32)CC1. The highest BCUT2D eigenvalue weighted by Gasteiger charge is 2.29. The van der Waals surface area contributed by atoms with Gasteiger partial charge >= 0.3 is 5.69 Å². The fourth-order valence-electron chi connectivity index (χ4n) is 4.12. The van der Waals surface area contributed by atoms with Gasteiger partial charge in [-0.25, -0.2) is 4.79 Å². The zero-order chi connectivity index (χ0) is 20.4. The minimum Gasteiger partial charge on any atom is -0.495 e. The predicted molar refractivity (Wildman–Crippen MR) is 113 cm³/mol. The minimum absolute atomic E-state index is 0.0581. The van der Waals surface area contributed by atoms with Crippen LogP contribution >= 0.6 is 0 Å². The molecule has 1 saturated heterocycles. The number of nitrogens with one attached hydrogen (secondary N) is 2. The van der Waals surface area contributed by atoms with Crippen molar-refractivity contribution in [2.75, 3.05) is 25.5 Å². The molecule has 29 heavy (non-hydrogen) atoms. The second kappa shape index (κ2) is 8.13. The van der Waals surface area contributed by atoms with Gasteiger partial charge < -0.3 is 15.0 Å². The second-order valence-electron chi connectivity index (χ2n) is 7.45. The molecule has 7 heteroatoms. The summed E-state index contributed by atoms with van der Waals surface area (Å²) in [5.74, 6) is 0.586. The maximum absolute atomic E-state index is 12.8. The van der Waals surface area contributed by atoms with E-state index >= 15 is 0 Å². The quantitative estimate of drug-likeness (QED) is 0.697. The highest BCUT2D eigenvalue weighted by molar-refractivity contribution is 5.95. The number of fused-ring (bicyclic) bond motifs is 1. The monoisotopic (exact) mass is 394 g/mol. The Bertz CT molecular complexity index is 1060. The van der Waals surface area contributed by atoms with Crippen LogP contribution in [0, 0.1) is 0 Å². The third-order valence-corrected chi connectivity index (χ3v) is 5.78. The third kappa shape index (κ3) is 3.78. The summed E-state index contributed by atoms with van der Waals surface area (Å²) in [6, 6.07) is 15.0. The van der Waals surface area contributed by atoms with Crippen LogP contribution in [0.4, 0.5) is 5.69 Å². The van der Waals surface area contributed by atoms with Crippen molar-refractivity contribution in [1.82, 2.24) is 14.5 Å². The van der Waals surface area contributed by atoms with Crippen molar-refractivity contribution in [2.24, 2.45) is 0 Å². The molecule has 1 aromatic heterocycles. The van der Waals surface area contributed by atoms with Crippen molar-refractivity contribution in [3.05, 3.63) is 59.0 Å². The van der Waals surface area contributed by atoms with E-state index in [0.29, 0.717) is 11.4 Å². The number of H-pyrrole nitrogens is 1. The van der Waals surface area contributed by atoms with Gasteiger partial charge in [-0.05, 0) is 44.0 Å². The van der Waals surface area contributed by atoms with Crippen LogP contribution < -0.4 is 15.7 Å².